The molecule has 2 N–H and O–H groups in total. The van der Waals surface area contributed by atoms with E-state index in [0.29, 0.717) is 12.1 Å². The van der Waals surface area contributed by atoms with E-state index in [1.807, 2.05) is 0 Å². The maximum absolute atomic E-state index is 6.43. The van der Waals surface area contributed by atoms with E-state index < -0.39 is 0 Å². The van der Waals surface area contributed by atoms with Gasteiger partial charge in [0.25, 0.3) is 0 Å². The smallest absolute Gasteiger partial charge is 0.0575 e. The summed E-state index contributed by atoms with van der Waals surface area (Å²) >= 11 is 0. The van der Waals surface area contributed by atoms with Gasteiger partial charge in [-0.05, 0) is 69.1 Å². The molecule has 2 aliphatic rings. The molecule has 0 radical (unpaired) electrons. The lowest BCUT2D eigenvalue weighted by Crippen LogP contribution is -2.36. The topological polar surface area (TPSA) is 35.2 Å². The van der Waals surface area contributed by atoms with E-state index in [0.717, 1.165) is 30.8 Å². The normalized spacial score (nSPS) is 39.5. The van der Waals surface area contributed by atoms with Gasteiger partial charge in [-0.2, -0.15) is 0 Å². The Morgan fingerprint density at radius 3 is 2.44 bits per heavy atom. The summed E-state index contributed by atoms with van der Waals surface area (Å²) in [6.07, 6.45) is 10.8. The highest BCUT2D eigenvalue weighted by molar-refractivity contribution is 4.82. The molecule has 4 atom stereocenters. The fourth-order valence-corrected chi connectivity index (χ4v) is 4.01. The van der Waals surface area contributed by atoms with E-state index in [1.165, 1.54) is 44.9 Å². The zero-order chi connectivity index (χ0) is 13.0. The molecule has 0 spiro atoms. The number of rotatable bonds is 4. The lowest BCUT2D eigenvalue weighted by atomic mass is 9.73. The Kier molecular flexibility index (Phi) is 5.50. The van der Waals surface area contributed by atoms with Crippen LogP contribution in [0.15, 0.2) is 0 Å². The largest absolute Gasteiger partial charge is 0.378 e. The van der Waals surface area contributed by atoms with Crippen molar-refractivity contribution < 1.29 is 4.74 Å². The highest BCUT2D eigenvalue weighted by Gasteiger charge is 2.28. The molecule has 0 aromatic heterocycles. The van der Waals surface area contributed by atoms with Gasteiger partial charge in [-0.3, -0.25) is 0 Å². The summed E-state index contributed by atoms with van der Waals surface area (Å²) in [7, 11) is 0. The Bertz CT molecular complexity index is 227. The van der Waals surface area contributed by atoms with Crippen molar-refractivity contribution in [1.29, 1.82) is 0 Å². The third-order valence-electron chi connectivity index (χ3n) is 4.92. The van der Waals surface area contributed by atoms with Crippen LogP contribution in [0.1, 0.15) is 65.2 Å². The Balaban J connectivity index is 1.71. The molecule has 0 amide bonds. The van der Waals surface area contributed by atoms with E-state index in [4.69, 9.17) is 10.5 Å². The van der Waals surface area contributed by atoms with Crippen LogP contribution < -0.4 is 5.73 Å². The molecule has 1 saturated carbocycles. The Hall–Kier alpha value is -0.0800. The number of ether oxygens (including phenoxy) is 1. The summed E-state index contributed by atoms with van der Waals surface area (Å²) in [5.41, 5.74) is 6.43. The lowest BCUT2D eigenvalue weighted by molar-refractivity contribution is 0.00743. The van der Waals surface area contributed by atoms with Gasteiger partial charge in [0, 0.05) is 12.6 Å². The number of hydrogen-bond acceptors (Lipinski definition) is 2. The van der Waals surface area contributed by atoms with Crippen LogP contribution in [-0.2, 0) is 4.74 Å². The second kappa shape index (κ2) is 6.91. The minimum absolute atomic E-state index is 0.403. The van der Waals surface area contributed by atoms with E-state index >= 15 is 0 Å². The maximum Gasteiger partial charge on any atom is 0.0575 e. The molecule has 0 bridgehead atoms. The first-order chi connectivity index (χ1) is 8.65. The van der Waals surface area contributed by atoms with Crippen LogP contribution in [0, 0.1) is 17.8 Å². The fourth-order valence-electron chi connectivity index (χ4n) is 4.01. The molecule has 2 rings (SSSR count). The maximum atomic E-state index is 6.43. The van der Waals surface area contributed by atoms with Gasteiger partial charge in [-0.1, -0.05) is 13.8 Å². The van der Waals surface area contributed by atoms with Crippen molar-refractivity contribution in [3.63, 3.8) is 0 Å². The van der Waals surface area contributed by atoms with Crippen LogP contribution in [0.3, 0.4) is 0 Å². The minimum atomic E-state index is 0.403. The first kappa shape index (κ1) is 14.3. The summed E-state index contributed by atoms with van der Waals surface area (Å²) in [4.78, 5) is 0. The highest BCUT2D eigenvalue weighted by Crippen LogP contribution is 2.35. The van der Waals surface area contributed by atoms with Gasteiger partial charge < -0.3 is 10.5 Å². The van der Waals surface area contributed by atoms with E-state index in [-0.39, 0.29) is 0 Å². The summed E-state index contributed by atoms with van der Waals surface area (Å²) in [5, 5.41) is 0. The highest BCUT2D eigenvalue weighted by atomic mass is 16.5. The third kappa shape index (κ3) is 4.24. The molecule has 18 heavy (non-hydrogen) atoms. The SMILES string of the molecule is CC1CC(C)CC(C(N)CCC2CCCCO2)C1. The van der Waals surface area contributed by atoms with E-state index in [9.17, 15) is 0 Å². The molecule has 0 aromatic rings. The monoisotopic (exact) mass is 253 g/mol. The molecule has 4 unspecified atom stereocenters. The van der Waals surface area contributed by atoms with Crippen LogP contribution in [0.4, 0.5) is 0 Å². The number of nitrogens with two attached hydrogens (primary N) is 1. The summed E-state index contributed by atoms with van der Waals surface area (Å²) in [5.74, 6) is 2.50. The molecular weight excluding hydrogens is 222 g/mol. The number of hydrogen-bond donors (Lipinski definition) is 1. The Morgan fingerprint density at radius 1 is 1.11 bits per heavy atom. The van der Waals surface area contributed by atoms with Crippen molar-refractivity contribution >= 4 is 0 Å². The average molecular weight is 253 g/mol. The Morgan fingerprint density at radius 2 is 1.83 bits per heavy atom. The van der Waals surface area contributed by atoms with E-state index in [2.05, 4.69) is 13.8 Å². The first-order valence-corrected chi connectivity index (χ1v) is 8.02. The molecule has 0 aromatic carbocycles. The van der Waals surface area contributed by atoms with Crippen molar-refractivity contribution in [2.75, 3.05) is 6.61 Å². The molecule has 1 aliphatic carbocycles. The van der Waals surface area contributed by atoms with Gasteiger partial charge in [-0.15, -0.1) is 0 Å². The van der Waals surface area contributed by atoms with Crippen LogP contribution >= 0.6 is 0 Å². The van der Waals surface area contributed by atoms with Crippen LogP contribution in [0.5, 0.6) is 0 Å². The zero-order valence-corrected chi connectivity index (χ0v) is 12.2. The van der Waals surface area contributed by atoms with Crippen molar-refractivity contribution in [2.24, 2.45) is 23.5 Å². The molecule has 106 valence electrons. The second-order valence-corrected chi connectivity index (χ2v) is 6.91. The van der Waals surface area contributed by atoms with Gasteiger partial charge in [0.2, 0.25) is 0 Å². The summed E-state index contributed by atoms with van der Waals surface area (Å²) < 4.78 is 5.80. The van der Waals surface area contributed by atoms with Gasteiger partial charge in [0.1, 0.15) is 0 Å². The predicted octanol–water partition coefficient (Wildman–Crippen LogP) is 3.74. The van der Waals surface area contributed by atoms with Crippen molar-refractivity contribution in [2.45, 2.75) is 77.4 Å². The van der Waals surface area contributed by atoms with Gasteiger partial charge in [-0.25, -0.2) is 0 Å². The standard InChI is InChI=1S/C16H31NO/c1-12-9-13(2)11-14(10-12)16(17)7-6-15-5-3-4-8-18-15/h12-16H,3-11,17H2,1-2H3. The lowest BCUT2D eigenvalue weighted by Gasteiger charge is -2.35. The van der Waals surface area contributed by atoms with E-state index in [1.54, 1.807) is 0 Å². The first-order valence-electron chi connectivity index (χ1n) is 8.02. The van der Waals surface area contributed by atoms with Crippen molar-refractivity contribution in [3.05, 3.63) is 0 Å². The van der Waals surface area contributed by atoms with Crippen LogP contribution in [-0.4, -0.2) is 18.8 Å². The molecule has 1 saturated heterocycles. The molecular formula is C16H31NO. The summed E-state index contributed by atoms with van der Waals surface area (Å²) in [6.45, 7) is 5.75. The van der Waals surface area contributed by atoms with Crippen molar-refractivity contribution in [1.82, 2.24) is 0 Å². The quantitative estimate of drug-likeness (QED) is 0.828. The molecule has 1 heterocycles. The third-order valence-corrected chi connectivity index (χ3v) is 4.92. The second-order valence-electron chi connectivity index (χ2n) is 6.91. The average Bonchev–Trinajstić information content (AvgIpc) is 2.36. The van der Waals surface area contributed by atoms with Crippen LogP contribution in [0.25, 0.3) is 0 Å². The van der Waals surface area contributed by atoms with Crippen LogP contribution in [0.2, 0.25) is 0 Å². The fraction of sp³-hybridized carbons (Fsp3) is 1.00. The van der Waals surface area contributed by atoms with Gasteiger partial charge in [0.05, 0.1) is 6.10 Å². The predicted molar refractivity (Wildman–Crippen MR) is 76.5 cm³/mol. The summed E-state index contributed by atoms with van der Waals surface area (Å²) in [6, 6.07) is 0.403. The Labute approximate surface area is 113 Å². The van der Waals surface area contributed by atoms with Gasteiger partial charge in [0.15, 0.2) is 0 Å². The van der Waals surface area contributed by atoms with Gasteiger partial charge >= 0.3 is 0 Å². The molecule has 2 nitrogen and oxygen atoms in total. The molecule has 1 aliphatic heterocycles. The zero-order valence-electron chi connectivity index (χ0n) is 12.2. The van der Waals surface area contributed by atoms with Crippen molar-refractivity contribution in [3.8, 4) is 0 Å². The molecule has 2 heteroatoms. The minimum Gasteiger partial charge on any atom is -0.378 e. The molecule has 2 fully saturated rings.